The Labute approximate surface area is 197 Å². The van der Waals surface area contributed by atoms with Gasteiger partial charge in [-0.2, -0.15) is 0 Å². The zero-order chi connectivity index (χ0) is 22.9. The summed E-state index contributed by atoms with van der Waals surface area (Å²) in [4.78, 5) is 36.6. The van der Waals surface area contributed by atoms with Crippen LogP contribution in [0.2, 0.25) is 0 Å². The maximum atomic E-state index is 13.1. The molecule has 3 heterocycles. The zero-order valence-corrected chi connectivity index (χ0v) is 19.0. The van der Waals surface area contributed by atoms with Crippen molar-refractivity contribution in [3.63, 3.8) is 0 Å². The second-order valence-corrected chi connectivity index (χ2v) is 9.54. The maximum absolute atomic E-state index is 13.1. The smallest absolute Gasteiger partial charge is 0.256 e. The van der Waals surface area contributed by atoms with Gasteiger partial charge in [-0.1, -0.05) is 23.9 Å². The molecule has 0 aliphatic carbocycles. The van der Waals surface area contributed by atoms with Crippen molar-refractivity contribution in [3.8, 4) is 10.7 Å². The van der Waals surface area contributed by atoms with Crippen molar-refractivity contribution in [2.75, 3.05) is 5.32 Å². The van der Waals surface area contributed by atoms with E-state index >= 15 is 0 Å². The van der Waals surface area contributed by atoms with Gasteiger partial charge in [-0.3, -0.25) is 14.6 Å². The molecule has 2 aromatic carbocycles. The number of hydrogen-bond acceptors (Lipinski definition) is 6. The van der Waals surface area contributed by atoms with Crippen LogP contribution in [-0.2, 0) is 6.54 Å². The third-order valence-electron chi connectivity index (χ3n) is 5.18. The first-order valence-electron chi connectivity index (χ1n) is 10.1. The molecule has 0 fully saturated rings. The Balaban J connectivity index is 1.33. The van der Waals surface area contributed by atoms with Crippen LogP contribution in [0.25, 0.3) is 10.7 Å². The third-order valence-corrected chi connectivity index (χ3v) is 7.34. The number of pyridine rings is 1. The zero-order valence-electron chi connectivity index (χ0n) is 17.4. The fourth-order valence-corrected chi connectivity index (χ4v) is 5.41. The van der Waals surface area contributed by atoms with E-state index in [4.69, 9.17) is 0 Å². The number of carbonyl (C=O) groups excluding carboxylic acids is 2. The molecule has 33 heavy (non-hydrogen) atoms. The van der Waals surface area contributed by atoms with Crippen molar-refractivity contribution in [2.24, 2.45) is 0 Å². The van der Waals surface area contributed by atoms with Gasteiger partial charge in [0.15, 0.2) is 0 Å². The number of amides is 2. The molecule has 9 heteroatoms. The largest absolute Gasteiger partial charge is 0.347 e. The highest BCUT2D eigenvalue weighted by atomic mass is 32.2. The molecule has 2 N–H and O–H groups in total. The van der Waals surface area contributed by atoms with Gasteiger partial charge >= 0.3 is 0 Å². The van der Waals surface area contributed by atoms with Crippen molar-refractivity contribution in [2.45, 2.75) is 23.3 Å². The lowest BCUT2D eigenvalue weighted by Crippen LogP contribution is -2.24. The van der Waals surface area contributed by atoms with Crippen LogP contribution in [0.3, 0.4) is 0 Å². The molecule has 0 atom stereocenters. The number of nitrogens with one attached hydrogen (secondary N) is 2. The van der Waals surface area contributed by atoms with E-state index in [2.05, 4.69) is 20.6 Å². The van der Waals surface area contributed by atoms with Gasteiger partial charge < -0.3 is 10.6 Å². The molecule has 0 radical (unpaired) electrons. The molecule has 1 aliphatic heterocycles. The van der Waals surface area contributed by atoms with E-state index in [1.54, 1.807) is 24.4 Å². The number of hydrogen-bond donors (Lipinski definition) is 2. The first-order valence-corrected chi connectivity index (χ1v) is 11.7. The first kappa shape index (κ1) is 21.3. The SMILES string of the molecule is Cc1c(C(=O)NCc2cnc(-c3ccc(F)cn3)s2)ccc2c1NC(=O)c1ccccc1S2. The molecule has 1 aliphatic rings. The van der Waals surface area contributed by atoms with Crippen LogP contribution in [0.15, 0.2) is 70.7 Å². The fraction of sp³-hybridized carbons (Fsp3) is 0.0833. The van der Waals surface area contributed by atoms with E-state index in [0.717, 1.165) is 20.9 Å². The Bertz CT molecular complexity index is 1390. The Morgan fingerprint density at radius 1 is 1.06 bits per heavy atom. The minimum Gasteiger partial charge on any atom is -0.347 e. The highest BCUT2D eigenvalue weighted by Crippen LogP contribution is 2.41. The van der Waals surface area contributed by atoms with Gasteiger partial charge in [0.2, 0.25) is 0 Å². The van der Waals surface area contributed by atoms with E-state index in [-0.39, 0.29) is 11.8 Å². The van der Waals surface area contributed by atoms with Crippen molar-refractivity contribution in [1.29, 1.82) is 0 Å². The summed E-state index contributed by atoms with van der Waals surface area (Å²) in [6.45, 7) is 2.12. The van der Waals surface area contributed by atoms with Crippen molar-refractivity contribution < 1.29 is 14.0 Å². The predicted octanol–water partition coefficient (Wildman–Crippen LogP) is 5.30. The van der Waals surface area contributed by atoms with Crippen molar-refractivity contribution in [3.05, 3.63) is 88.3 Å². The molecule has 0 bridgehead atoms. The summed E-state index contributed by atoms with van der Waals surface area (Å²) in [5.41, 5.74) is 3.04. The first-order chi connectivity index (χ1) is 16.0. The molecule has 0 saturated carbocycles. The average molecular weight is 477 g/mol. The van der Waals surface area contributed by atoms with Crippen LogP contribution in [-0.4, -0.2) is 21.8 Å². The number of thiazole rings is 1. The Kier molecular flexibility index (Phi) is 5.65. The van der Waals surface area contributed by atoms with E-state index in [0.29, 0.717) is 39.6 Å². The molecule has 0 spiro atoms. The highest BCUT2D eigenvalue weighted by Gasteiger charge is 2.23. The van der Waals surface area contributed by atoms with Crippen LogP contribution in [0, 0.1) is 12.7 Å². The second-order valence-electron chi connectivity index (χ2n) is 7.34. The average Bonchev–Trinajstić information content (AvgIpc) is 3.24. The lowest BCUT2D eigenvalue weighted by Gasteiger charge is -2.14. The molecule has 0 saturated heterocycles. The van der Waals surface area contributed by atoms with Gasteiger partial charge in [-0.25, -0.2) is 9.37 Å². The predicted molar refractivity (Wildman–Crippen MR) is 126 cm³/mol. The Morgan fingerprint density at radius 3 is 2.73 bits per heavy atom. The van der Waals surface area contributed by atoms with Gasteiger partial charge in [0.25, 0.3) is 11.8 Å². The molecule has 4 aromatic rings. The number of carbonyl (C=O) groups is 2. The van der Waals surface area contributed by atoms with Gasteiger partial charge in [0, 0.05) is 26.4 Å². The summed E-state index contributed by atoms with van der Waals surface area (Å²) >= 11 is 2.88. The molecule has 0 unspecified atom stereocenters. The third kappa shape index (κ3) is 4.24. The second kappa shape index (κ2) is 8.76. The van der Waals surface area contributed by atoms with Crippen LogP contribution in [0.4, 0.5) is 10.1 Å². The van der Waals surface area contributed by atoms with Crippen molar-refractivity contribution >= 4 is 40.6 Å². The van der Waals surface area contributed by atoms with Crippen LogP contribution in [0.5, 0.6) is 0 Å². The van der Waals surface area contributed by atoms with E-state index in [1.165, 1.54) is 29.2 Å². The molecule has 164 valence electrons. The minimum absolute atomic E-state index is 0.191. The van der Waals surface area contributed by atoms with Gasteiger partial charge in [-0.05, 0) is 48.9 Å². The van der Waals surface area contributed by atoms with Crippen molar-refractivity contribution in [1.82, 2.24) is 15.3 Å². The molecule has 6 nitrogen and oxygen atoms in total. The summed E-state index contributed by atoms with van der Waals surface area (Å²) in [5.74, 6) is -0.840. The van der Waals surface area contributed by atoms with Gasteiger partial charge in [-0.15, -0.1) is 11.3 Å². The summed E-state index contributed by atoms with van der Waals surface area (Å²) in [5, 5.41) is 6.52. The van der Waals surface area contributed by atoms with E-state index in [9.17, 15) is 14.0 Å². The molecule has 5 rings (SSSR count). The number of nitrogens with zero attached hydrogens (tertiary/aromatic N) is 2. The highest BCUT2D eigenvalue weighted by molar-refractivity contribution is 7.99. The monoisotopic (exact) mass is 476 g/mol. The number of fused-ring (bicyclic) bond motifs is 2. The number of rotatable bonds is 4. The molecular formula is C24H17FN4O2S2. The van der Waals surface area contributed by atoms with E-state index in [1.807, 2.05) is 31.2 Å². The van der Waals surface area contributed by atoms with Crippen LogP contribution < -0.4 is 10.6 Å². The van der Waals surface area contributed by atoms with Gasteiger partial charge in [0.05, 0.1) is 29.7 Å². The van der Waals surface area contributed by atoms with Crippen LogP contribution in [0.1, 0.15) is 31.2 Å². The minimum atomic E-state index is -0.405. The Morgan fingerprint density at radius 2 is 1.91 bits per heavy atom. The maximum Gasteiger partial charge on any atom is 0.256 e. The summed E-state index contributed by atoms with van der Waals surface area (Å²) in [6.07, 6.45) is 2.82. The number of halogens is 1. The quantitative estimate of drug-likeness (QED) is 0.418. The topological polar surface area (TPSA) is 84.0 Å². The summed E-state index contributed by atoms with van der Waals surface area (Å²) in [6, 6.07) is 14.0. The van der Waals surface area contributed by atoms with Crippen LogP contribution >= 0.6 is 23.1 Å². The normalized spacial score (nSPS) is 12.4. The standard InChI is InChI=1S/C24H17FN4O2S2/c1-13-16(7-9-20-21(13)29-23(31)17-4-2-3-5-19(17)33-20)22(30)27-11-15-12-28-24(32-15)18-8-6-14(25)10-26-18/h2-10,12H,11H2,1H3,(H,27,30)(H,29,31). The molecule has 2 aromatic heterocycles. The Hall–Kier alpha value is -3.56. The van der Waals surface area contributed by atoms with E-state index < -0.39 is 5.82 Å². The number of aromatic nitrogens is 2. The number of benzene rings is 2. The lowest BCUT2D eigenvalue weighted by molar-refractivity contribution is 0.0949. The number of anilines is 1. The fourth-order valence-electron chi connectivity index (χ4n) is 3.49. The molecule has 2 amide bonds. The lowest BCUT2D eigenvalue weighted by atomic mass is 10.1. The molecular weight excluding hydrogens is 459 g/mol. The summed E-state index contributed by atoms with van der Waals surface area (Å²) in [7, 11) is 0. The summed E-state index contributed by atoms with van der Waals surface area (Å²) < 4.78 is 13.1. The van der Waals surface area contributed by atoms with Gasteiger partial charge in [0.1, 0.15) is 10.8 Å².